The van der Waals surface area contributed by atoms with Gasteiger partial charge in [0.25, 0.3) is 0 Å². The van der Waals surface area contributed by atoms with Gasteiger partial charge in [0.05, 0.1) is 0 Å². The van der Waals surface area contributed by atoms with E-state index in [1.54, 1.807) is 0 Å². The van der Waals surface area contributed by atoms with Crippen LogP contribution in [0.3, 0.4) is 0 Å². The molecule has 0 amide bonds. The van der Waals surface area contributed by atoms with E-state index in [1.807, 2.05) is 6.92 Å². The van der Waals surface area contributed by atoms with Crippen LogP contribution >= 0.6 is 0 Å². The molecule has 0 aromatic heterocycles. The average Bonchev–Trinajstić information content (AvgIpc) is 2.39. The molecule has 0 spiro atoms. The van der Waals surface area contributed by atoms with Gasteiger partial charge >= 0.3 is 0 Å². The third kappa shape index (κ3) is 3.50. The predicted molar refractivity (Wildman–Crippen MR) is 80.4 cm³/mol. The second kappa shape index (κ2) is 6.42. The zero-order valence-electron chi connectivity index (χ0n) is 12.5. The number of hydrogen-bond acceptors (Lipinski definition) is 2. The van der Waals surface area contributed by atoms with Gasteiger partial charge in [0.1, 0.15) is 11.9 Å². The Morgan fingerprint density at radius 2 is 2.05 bits per heavy atom. The lowest BCUT2D eigenvalue weighted by molar-refractivity contribution is 0.0890. The lowest BCUT2D eigenvalue weighted by Crippen LogP contribution is -2.30. The molecule has 2 N–H and O–H groups in total. The number of hydrogen-bond donors (Lipinski definition) is 1. The second-order valence-corrected chi connectivity index (χ2v) is 5.94. The smallest absolute Gasteiger partial charge is 0.124 e. The molecule has 1 aromatic rings. The first kappa shape index (κ1) is 14.4. The number of benzene rings is 1. The maximum Gasteiger partial charge on any atom is 0.124 e. The van der Waals surface area contributed by atoms with Gasteiger partial charge < -0.3 is 10.5 Å². The van der Waals surface area contributed by atoms with Gasteiger partial charge in [0, 0.05) is 11.6 Å². The van der Waals surface area contributed by atoms with Gasteiger partial charge in [0.2, 0.25) is 0 Å². The van der Waals surface area contributed by atoms with Crippen molar-refractivity contribution in [1.29, 1.82) is 0 Å². The van der Waals surface area contributed by atoms with Crippen LogP contribution in [0.25, 0.3) is 0 Å². The Bertz CT molecular complexity index is 414. The van der Waals surface area contributed by atoms with E-state index < -0.39 is 0 Å². The summed E-state index contributed by atoms with van der Waals surface area (Å²) in [6.07, 6.45) is 6.72. The van der Waals surface area contributed by atoms with E-state index in [0.29, 0.717) is 12.0 Å². The van der Waals surface area contributed by atoms with Gasteiger partial charge in [-0.05, 0) is 57.1 Å². The highest BCUT2D eigenvalue weighted by atomic mass is 16.5. The number of aryl methyl sites for hydroxylation is 1. The third-order valence-corrected chi connectivity index (χ3v) is 4.30. The Kier molecular flexibility index (Phi) is 4.87. The molecule has 1 aliphatic rings. The summed E-state index contributed by atoms with van der Waals surface area (Å²) < 4.78 is 6.35. The van der Waals surface area contributed by atoms with Gasteiger partial charge in [-0.3, -0.25) is 0 Å². The lowest BCUT2D eigenvalue weighted by atomic mass is 9.84. The van der Waals surface area contributed by atoms with Crippen molar-refractivity contribution in [3.05, 3.63) is 29.3 Å². The summed E-state index contributed by atoms with van der Waals surface area (Å²) in [6.45, 7) is 6.40. The average molecular weight is 261 g/mol. The van der Waals surface area contributed by atoms with Crippen molar-refractivity contribution in [2.75, 3.05) is 0 Å². The van der Waals surface area contributed by atoms with Crippen LogP contribution in [-0.2, 0) is 0 Å². The van der Waals surface area contributed by atoms with E-state index in [9.17, 15) is 0 Å². The van der Waals surface area contributed by atoms with Crippen molar-refractivity contribution in [3.8, 4) is 5.75 Å². The quantitative estimate of drug-likeness (QED) is 0.874. The molecule has 106 valence electrons. The molecule has 0 radical (unpaired) electrons. The van der Waals surface area contributed by atoms with E-state index in [0.717, 1.165) is 11.3 Å². The van der Waals surface area contributed by atoms with Gasteiger partial charge in [-0.2, -0.15) is 0 Å². The molecule has 0 heterocycles. The molecule has 2 rings (SSSR count). The molecule has 3 atom stereocenters. The maximum absolute atomic E-state index is 6.35. The summed E-state index contributed by atoms with van der Waals surface area (Å²) >= 11 is 0. The van der Waals surface area contributed by atoms with Crippen LogP contribution in [0.2, 0.25) is 0 Å². The zero-order chi connectivity index (χ0) is 13.8. The molecular weight excluding hydrogens is 234 g/mol. The van der Waals surface area contributed by atoms with E-state index >= 15 is 0 Å². The van der Waals surface area contributed by atoms with Crippen molar-refractivity contribution < 1.29 is 4.74 Å². The first-order valence-electron chi connectivity index (χ1n) is 7.64. The van der Waals surface area contributed by atoms with Crippen LogP contribution in [0.1, 0.15) is 63.1 Å². The molecule has 0 bridgehead atoms. The first-order valence-corrected chi connectivity index (χ1v) is 7.64. The largest absolute Gasteiger partial charge is 0.490 e. The molecule has 1 fully saturated rings. The minimum absolute atomic E-state index is 0.0271. The number of ether oxygens (including phenoxy) is 1. The number of nitrogens with two attached hydrogens (primary N) is 1. The highest BCUT2D eigenvalue weighted by Gasteiger charge is 2.26. The summed E-state index contributed by atoms with van der Waals surface area (Å²) in [6, 6.07) is 6.39. The van der Waals surface area contributed by atoms with Crippen LogP contribution in [0.15, 0.2) is 18.2 Å². The van der Waals surface area contributed by atoms with Crippen molar-refractivity contribution in [3.63, 3.8) is 0 Å². The second-order valence-electron chi connectivity index (χ2n) is 5.94. The molecule has 0 aliphatic heterocycles. The fourth-order valence-electron chi connectivity index (χ4n) is 3.08. The number of rotatable bonds is 4. The Morgan fingerprint density at radius 1 is 1.32 bits per heavy atom. The van der Waals surface area contributed by atoms with Crippen LogP contribution in [0, 0.1) is 12.8 Å². The Balaban J connectivity index is 2.19. The first-order chi connectivity index (χ1) is 9.11. The predicted octanol–water partition coefficient (Wildman–Crippen LogP) is 4.36. The molecule has 0 saturated heterocycles. The van der Waals surface area contributed by atoms with Crippen molar-refractivity contribution >= 4 is 0 Å². The molecule has 2 heteroatoms. The Morgan fingerprint density at radius 3 is 2.74 bits per heavy atom. The SMILES string of the molecule is CCC1CCCCC1Oc1cc(C)ccc1C(C)N. The molecule has 1 aromatic carbocycles. The fraction of sp³-hybridized carbons (Fsp3) is 0.647. The summed E-state index contributed by atoms with van der Waals surface area (Å²) in [5.41, 5.74) is 8.43. The normalized spacial score (nSPS) is 25.1. The van der Waals surface area contributed by atoms with E-state index in [1.165, 1.54) is 37.7 Å². The summed E-state index contributed by atoms with van der Waals surface area (Å²) in [5, 5.41) is 0. The van der Waals surface area contributed by atoms with Gasteiger partial charge in [-0.25, -0.2) is 0 Å². The van der Waals surface area contributed by atoms with Crippen LogP contribution in [0.4, 0.5) is 0 Å². The van der Waals surface area contributed by atoms with Gasteiger partial charge in [-0.1, -0.05) is 25.5 Å². The highest BCUT2D eigenvalue weighted by Crippen LogP contribution is 2.33. The van der Waals surface area contributed by atoms with Gasteiger partial charge in [-0.15, -0.1) is 0 Å². The van der Waals surface area contributed by atoms with E-state index in [2.05, 4.69) is 32.0 Å². The van der Waals surface area contributed by atoms with Crippen LogP contribution in [-0.4, -0.2) is 6.10 Å². The Labute approximate surface area is 117 Å². The zero-order valence-corrected chi connectivity index (χ0v) is 12.5. The molecule has 2 nitrogen and oxygen atoms in total. The van der Waals surface area contributed by atoms with Crippen molar-refractivity contribution in [1.82, 2.24) is 0 Å². The molecular formula is C17H27NO. The fourth-order valence-corrected chi connectivity index (χ4v) is 3.08. The van der Waals surface area contributed by atoms with E-state index in [-0.39, 0.29) is 6.04 Å². The minimum atomic E-state index is 0.0271. The van der Waals surface area contributed by atoms with Crippen molar-refractivity contribution in [2.24, 2.45) is 11.7 Å². The summed E-state index contributed by atoms with van der Waals surface area (Å²) in [5.74, 6) is 1.70. The molecule has 1 saturated carbocycles. The van der Waals surface area contributed by atoms with Crippen LogP contribution < -0.4 is 10.5 Å². The summed E-state index contributed by atoms with van der Waals surface area (Å²) in [7, 11) is 0. The summed E-state index contributed by atoms with van der Waals surface area (Å²) in [4.78, 5) is 0. The Hall–Kier alpha value is -1.02. The molecule has 3 unspecified atom stereocenters. The van der Waals surface area contributed by atoms with E-state index in [4.69, 9.17) is 10.5 Å². The minimum Gasteiger partial charge on any atom is -0.490 e. The molecule has 19 heavy (non-hydrogen) atoms. The topological polar surface area (TPSA) is 35.2 Å². The van der Waals surface area contributed by atoms with Gasteiger partial charge in [0.15, 0.2) is 0 Å². The maximum atomic E-state index is 6.35. The monoisotopic (exact) mass is 261 g/mol. The molecule has 1 aliphatic carbocycles. The standard InChI is InChI=1S/C17H27NO/c1-4-14-7-5-6-8-16(14)19-17-11-12(2)9-10-15(17)13(3)18/h9-11,13-14,16H,4-8,18H2,1-3H3. The lowest BCUT2D eigenvalue weighted by Gasteiger charge is -2.32. The highest BCUT2D eigenvalue weighted by molar-refractivity contribution is 5.39. The van der Waals surface area contributed by atoms with Crippen molar-refractivity contribution in [2.45, 2.75) is 65.0 Å². The third-order valence-electron chi connectivity index (χ3n) is 4.30. The van der Waals surface area contributed by atoms with Crippen LogP contribution in [0.5, 0.6) is 5.75 Å².